The predicted octanol–water partition coefficient (Wildman–Crippen LogP) is 2.85. The van der Waals surface area contributed by atoms with E-state index in [1.807, 2.05) is 25.1 Å². The van der Waals surface area contributed by atoms with E-state index >= 15 is 0 Å². The molecule has 1 heteroatoms. The number of allylic oxidation sites excluding steroid dienone is 1. The van der Waals surface area contributed by atoms with Crippen LogP contribution in [0.2, 0.25) is 0 Å². The average Bonchev–Trinajstić information content (AvgIpc) is 2.08. The lowest BCUT2D eigenvalue weighted by Gasteiger charge is -2.04. The third-order valence-corrected chi connectivity index (χ3v) is 1.69. The summed E-state index contributed by atoms with van der Waals surface area (Å²) in [7, 11) is 1.68. The van der Waals surface area contributed by atoms with Crippen LogP contribution in [-0.2, 0) is 0 Å². The van der Waals surface area contributed by atoms with Crippen molar-refractivity contribution >= 4 is 6.08 Å². The van der Waals surface area contributed by atoms with Crippen molar-refractivity contribution in [2.75, 3.05) is 7.11 Å². The van der Waals surface area contributed by atoms with Crippen LogP contribution in [0.4, 0.5) is 0 Å². The molecule has 12 heavy (non-hydrogen) atoms. The Morgan fingerprint density at radius 2 is 2.17 bits per heavy atom. The number of hydrogen-bond donors (Lipinski definition) is 0. The maximum Gasteiger partial charge on any atom is 0.126 e. The SMILES string of the molecule is [CH2]/C=C/c1ccc(C)cc1OC. The van der Waals surface area contributed by atoms with Gasteiger partial charge in [0.05, 0.1) is 7.11 Å². The molecule has 0 heterocycles. The van der Waals surface area contributed by atoms with Gasteiger partial charge in [0.15, 0.2) is 0 Å². The highest BCUT2D eigenvalue weighted by atomic mass is 16.5. The van der Waals surface area contributed by atoms with Crippen LogP contribution in [0, 0.1) is 13.8 Å². The first kappa shape index (κ1) is 8.85. The van der Waals surface area contributed by atoms with Gasteiger partial charge < -0.3 is 4.74 Å². The Bertz CT molecular complexity index is 287. The van der Waals surface area contributed by atoms with Gasteiger partial charge in [0, 0.05) is 5.56 Å². The van der Waals surface area contributed by atoms with E-state index in [1.165, 1.54) is 5.56 Å². The smallest absolute Gasteiger partial charge is 0.126 e. The zero-order chi connectivity index (χ0) is 8.97. The van der Waals surface area contributed by atoms with Crippen LogP contribution < -0.4 is 4.74 Å². The van der Waals surface area contributed by atoms with Crippen LogP contribution in [-0.4, -0.2) is 7.11 Å². The van der Waals surface area contributed by atoms with Crippen molar-refractivity contribution < 1.29 is 4.74 Å². The molecule has 1 aromatic rings. The van der Waals surface area contributed by atoms with Crippen LogP contribution in [0.1, 0.15) is 11.1 Å². The van der Waals surface area contributed by atoms with E-state index < -0.39 is 0 Å². The standard InChI is InChI=1S/C11H13O/c1-4-5-10-7-6-9(2)8-11(10)12-3/h4-8H,1H2,2-3H3/b5-4+. The first-order chi connectivity index (χ1) is 5.77. The molecule has 1 rings (SSSR count). The van der Waals surface area contributed by atoms with E-state index in [4.69, 9.17) is 4.74 Å². The molecule has 0 saturated heterocycles. The molecule has 0 fully saturated rings. The lowest BCUT2D eigenvalue weighted by atomic mass is 10.1. The van der Waals surface area contributed by atoms with E-state index in [-0.39, 0.29) is 0 Å². The summed E-state index contributed by atoms with van der Waals surface area (Å²) in [6.45, 7) is 5.68. The lowest BCUT2D eigenvalue weighted by molar-refractivity contribution is 0.413. The molecule has 0 N–H and O–H groups in total. The molecule has 0 spiro atoms. The molecule has 0 aliphatic carbocycles. The minimum atomic E-state index is 0.898. The molecule has 1 aromatic carbocycles. The Morgan fingerprint density at radius 1 is 1.42 bits per heavy atom. The van der Waals surface area contributed by atoms with Crippen molar-refractivity contribution in [3.8, 4) is 5.75 Å². The molecule has 0 unspecified atom stereocenters. The van der Waals surface area contributed by atoms with E-state index in [9.17, 15) is 0 Å². The third kappa shape index (κ3) is 1.88. The van der Waals surface area contributed by atoms with Crippen LogP contribution in [0.5, 0.6) is 5.75 Å². The van der Waals surface area contributed by atoms with Crippen LogP contribution in [0.25, 0.3) is 6.08 Å². The number of ether oxygens (including phenoxy) is 1. The molecular formula is C11H13O. The van der Waals surface area contributed by atoms with Crippen LogP contribution in [0.3, 0.4) is 0 Å². The fourth-order valence-corrected chi connectivity index (χ4v) is 1.08. The van der Waals surface area contributed by atoms with Gasteiger partial charge in [-0.1, -0.05) is 24.3 Å². The molecule has 0 aliphatic rings. The van der Waals surface area contributed by atoms with Gasteiger partial charge in [0.2, 0.25) is 0 Å². The highest BCUT2D eigenvalue weighted by molar-refractivity contribution is 5.58. The molecule has 0 bridgehead atoms. The van der Waals surface area contributed by atoms with E-state index in [0.29, 0.717) is 0 Å². The van der Waals surface area contributed by atoms with Crippen LogP contribution in [0.15, 0.2) is 24.3 Å². The van der Waals surface area contributed by atoms with Crippen molar-refractivity contribution in [1.82, 2.24) is 0 Å². The molecular weight excluding hydrogens is 148 g/mol. The quantitative estimate of drug-likeness (QED) is 0.648. The third-order valence-electron chi connectivity index (χ3n) is 1.69. The molecule has 0 atom stereocenters. The minimum Gasteiger partial charge on any atom is -0.496 e. The van der Waals surface area contributed by atoms with Gasteiger partial charge in [-0.05, 0) is 25.5 Å². The summed E-state index contributed by atoms with van der Waals surface area (Å²) < 4.78 is 5.20. The van der Waals surface area contributed by atoms with Crippen molar-refractivity contribution in [3.63, 3.8) is 0 Å². The monoisotopic (exact) mass is 161 g/mol. The fourth-order valence-electron chi connectivity index (χ4n) is 1.08. The van der Waals surface area contributed by atoms with Gasteiger partial charge in [-0.3, -0.25) is 0 Å². The summed E-state index contributed by atoms with van der Waals surface area (Å²) in [5.41, 5.74) is 2.27. The predicted molar refractivity (Wildman–Crippen MR) is 52.1 cm³/mol. The summed E-state index contributed by atoms with van der Waals surface area (Å²) in [5, 5.41) is 0. The van der Waals surface area contributed by atoms with Gasteiger partial charge in [-0.15, -0.1) is 0 Å². The molecule has 63 valence electrons. The van der Waals surface area contributed by atoms with Crippen molar-refractivity contribution in [2.45, 2.75) is 6.92 Å². The summed E-state index contributed by atoms with van der Waals surface area (Å²) in [5.74, 6) is 0.898. The zero-order valence-corrected chi connectivity index (χ0v) is 7.50. The van der Waals surface area contributed by atoms with Crippen molar-refractivity contribution in [2.24, 2.45) is 0 Å². The number of hydrogen-bond acceptors (Lipinski definition) is 1. The normalized spacial score (nSPS) is 10.6. The maximum absolute atomic E-state index is 5.20. The van der Waals surface area contributed by atoms with E-state index in [1.54, 1.807) is 13.2 Å². The summed E-state index contributed by atoms with van der Waals surface area (Å²) in [4.78, 5) is 0. The molecule has 0 amide bonds. The molecule has 1 nitrogen and oxygen atoms in total. The Hall–Kier alpha value is -1.24. The zero-order valence-electron chi connectivity index (χ0n) is 7.50. The number of methoxy groups -OCH3 is 1. The Balaban J connectivity index is 3.10. The molecule has 1 radical (unpaired) electrons. The molecule has 0 aliphatic heterocycles. The van der Waals surface area contributed by atoms with E-state index in [2.05, 4.69) is 13.0 Å². The first-order valence-electron chi connectivity index (χ1n) is 3.88. The van der Waals surface area contributed by atoms with Gasteiger partial charge >= 0.3 is 0 Å². The van der Waals surface area contributed by atoms with Gasteiger partial charge in [-0.25, -0.2) is 0 Å². The number of benzene rings is 1. The number of rotatable bonds is 2. The summed E-state index contributed by atoms with van der Waals surface area (Å²) >= 11 is 0. The van der Waals surface area contributed by atoms with Gasteiger partial charge in [0.1, 0.15) is 5.75 Å². The lowest BCUT2D eigenvalue weighted by Crippen LogP contribution is -1.87. The number of aryl methyl sites for hydroxylation is 1. The minimum absolute atomic E-state index is 0.898. The Morgan fingerprint density at radius 3 is 2.75 bits per heavy atom. The van der Waals surface area contributed by atoms with Crippen LogP contribution >= 0.6 is 0 Å². The average molecular weight is 161 g/mol. The van der Waals surface area contributed by atoms with Gasteiger partial charge in [-0.2, -0.15) is 0 Å². The Kier molecular flexibility index (Phi) is 2.92. The molecule has 0 aromatic heterocycles. The highest BCUT2D eigenvalue weighted by Gasteiger charge is 1.97. The second-order valence-corrected chi connectivity index (χ2v) is 2.65. The fraction of sp³-hybridized carbons (Fsp3) is 0.182. The topological polar surface area (TPSA) is 9.23 Å². The second-order valence-electron chi connectivity index (χ2n) is 2.65. The highest BCUT2D eigenvalue weighted by Crippen LogP contribution is 2.20. The van der Waals surface area contributed by atoms with Crippen molar-refractivity contribution in [1.29, 1.82) is 0 Å². The largest absolute Gasteiger partial charge is 0.496 e. The summed E-state index contributed by atoms with van der Waals surface area (Å²) in [6, 6.07) is 6.09. The Labute approximate surface area is 73.7 Å². The van der Waals surface area contributed by atoms with Crippen molar-refractivity contribution in [3.05, 3.63) is 42.3 Å². The molecule has 0 saturated carbocycles. The van der Waals surface area contributed by atoms with Gasteiger partial charge in [0.25, 0.3) is 0 Å². The summed E-state index contributed by atoms with van der Waals surface area (Å²) in [6.07, 6.45) is 3.69. The maximum atomic E-state index is 5.20. The first-order valence-corrected chi connectivity index (χ1v) is 3.88. The second kappa shape index (κ2) is 3.96. The van der Waals surface area contributed by atoms with E-state index in [0.717, 1.165) is 11.3 Å².